The first kappa shape index (κ1) is 16.9. The van der Waals surface area contributed by atoms with Crippen LogP contribution in [0.1, 0.15) is 39.8 Å². The standard InChI is InChI=1S/C14H18ClIN4S/c1-5-6-17-11-9(16)10(14(2,3)4)19-12(20-11)13-18-7-8(15)21-13/h7H,5-6H2,1-4H3,(H,17,19,20). The van der Waals surface area contributed by atoms with Gasteiger partial charge in [-0.3, -0.25) is 0 Å². The van der Waals surface area contributed by atoms with Crippen molar-refractivity contribution in [1.82, 2.24) is 15.0 Å². The molecule has 0 saturated carbocycles. The largest absolute Gasteiger partial charge is 0.369 e. The van der Waals surface area contributed by atoms with E-state index in [1.165, 1.54) is 11.3 Å². The van der Waals surface area contributed by atoms with E-state index >= 15 is 0 Å². The summed E-state index contributed by atoms with van der Waals surface area (Å²) in [5.74, 6) is 1.51. The van der Waals surface area contributed by atoms with E-state index in [9.17, 15) is 0 Å². The number of rotatable bonds is 4. The van der Waals surface area contributed by atoms with Gasteiger partial charge in [0.2, 0.25) is 0 Å². The van der Waals surface area contributed by atoms with Crippen molar-refractivity contribution < 1.29 is 0 Å². The van der Waals surface area contributed by atoms with Gasteiger partial charge in [-0.2, -0.15) is 0 Å². The third kappa shape index (κ3) is 4.04. The quantitative estimate of drug-likeness (QED) is 0.687. The van der Waals surface area contributed by atoms with Gasteiger partial charge in [0.05, 0.1) is 15.5 Å². The molecule has 0 bridgehead atoms. The zero-order valence-electron chi connectivity index (χ0n) is 12.5. The van der Waals surface area contributed by atoms with Crippen LogP contribution in [0.4, 0.5) is 5.82 Å². The van der Waals surface area contributed by atoms with Crippen LogP contribution >= 0.6 is 45.5 Å². The van der Waals surface area contributed by atoms with Gasteiger partial charge in [-0.15, -0.1) is 0 Å². The van der Waals surface area contributed by atoms with Crippen LogP contribution in [0.15, 0.2) is 6.20 Å². The molecule has 114 valence electrons. The number of halogens is 2. The molecule has 0 saturated heterocycles. The van der Waals surface area contributed by atoms with Gasteiger partial charge in [0.1, 0.15) is 10.2 Å². The molecule has 2 aromatic rings. The van der Waals surface area contributed by atoms with E-state index in [0.717, 1.165) is 33.1 Å². The van der Waals surface area contributed by atoms with Crippen molar-refractivity contribution in [3.05, 3.63) is 19.8 Å². The van der Waals surface area contributed by atoms with E-state index < -0.39 is 0 Å². The summed E-state index contributed by atoms with van der Waals surface area (Å²) in [6.07, 6.45) is 2.68. The molecule has 2 aromatic heterocycles. The van der Waals surface area contributed by atoms with E-state index in [4.69, 9.17) is 16.6 Å². The van der Waals surface area contributed by atoms with Gasteiger partial charge in [-0.1, -0.05) is 50.6 Å². The number of hydrogen-bond donors (Lipinski definition) is 1. The van der Waals surface area contributed by atoms with Crippen LogP contribution in [-0.4, -0.2) is 21.5 Å². The fourth-order valence-corrected chi connectivity index (χ4v) is 3.85. The molecule has 1 N–H and O–H groups in total. The third-order valence-corrected chi connectivity index (χ3v) is 4.91. The lowest BCUT2D eigenvalue weighted by molar-refractivity contribution is 0.564. The second-order valence-electron chi connectivity index (χ2n) is 5.70. The minimum Gasteiger partial charge on any atom is -0.369 e. The molecule has 2 rings (SSSR count). The van der Waals surface area contributed by atoms with Crippen LogP contribution in [0.2, 0.25) is 4.34 Å². The molecule has 0 aliphatic rings. The van der Waals surface area contributed by atoms with E-state index in [0.29, 0.717) is 10.2 Å². The molecule has 0 aliphatic heterocycles. The summed E-state index contributed by atoms with van der Waals surface area (Å²) in [7, 11) is 0. The summed E-state index contributed by atoms with van der Waals surface area (Å²) in [5.41, 5.74) is 0.968. The van der Waals surface area contributed by atoms with Crippen LogP contribution in [0.3, 0.4) is 0 Å². The molecule has 7 heteroatoms. The smallest absolute Gasteiger partial charge is 0.191 e. The van der Waals surface area contributed by atoms with Crippen LogP contribution in [0.5, 0.6) is 0 Å². The fourth-order valence-electron chi connectivity index (χ4n) is 1.76. The molecular formula is C14H18ClIN4S. The van der Waals surface area contributed by atoms with E-state index in [1.807, 2.05) is 0 Å². The topological polar surface area (TPSA) is 50.7 Å². The molecule has 21 heavy (non-hydrogen) atoms. The molecule has 0 aliphatic carbocycles. The highest BCUT2D eigenvalue weighted by atomic mass is 127. The summed E-state index contributed by atoms with van der Waals surface area (Å²) >= 11 is 9.69. The molecule has 0 atom stereocenters. The van der Waals surface area contributed by atoms with Crippen LogP contribution in [0, 0.1) is 3.57 Å². The summed E-state index contributed by atoms with van der Waals surface area (Å²) in [4.78, 5) is 13.6. The van der Waals surface area contributed by atoms with Gasteiger partial charge in [-0.05, 0) is 29.0 Å². The summed E-state index contributed by atoms with van der Waals surface area (Å²) in [5, 5.41) is 4.13. The lowest BCUT2D eigenvalue weighted by Gasteiger charge is -2.21. The van der Waals surface area contributed by atoms with Gasteiger partial charge in [0.15, 0.2) is 10.8 Å². The maximum absolute atomic E-state index is 5.98. The average Bonchev–Trinajstić information content (AvgIpc) is 2.83. The number of nitrogens with one attached hydrogen (secondary N) is 1. The maximum Gasteiger partial charge on any atom is 0.191 e. The minimum absolute atomic E-state index is 0.0576. The highest BCUT2D eigenvalue weighted by Gasteiger charge is 2.24. The number of anilines is 1. The number of nitrogens with zero attached hydrogens (tertiary/aromatic N) is 3. The monoisotopic (exact) mass is 436 g/mol. The highest BCUT2D eigenvalue weighted by molar-refractivity contribution is 14.1. The predicted molar refractivity (Wildman–Crippen MR) is 98.3 cm³/mol. The summed E-state index contributed by atoms with van der Waals surface area (Å²) in [6.45, 7) is 9.47. The van der Waals surface area contributed by atoms with Crippen LogP contribution in [0.25, 0.3) is 10.8 Å². The van der Waals surface area contributed by atoms with Gasteiger partial charge >= 0.3 is 0 Å². The number of hydrogen-bond acceptors (Lipinski definition) is 5. The average molecular weight is 437 g/mol. The highest BCUT2D eigenvalue weighted by Crippen LogP contribution is 2.33. The minimum atomic E-state index is -0.0576. The van der Waals surface area contributed by atoms with E-state index in [1.54, 1.807) is 6.20 Å². The summed E-state index contributed by atoms with van der Waals surface area (Å²) in [6, 6.07) is 0. The Morgan fingerprint density at radius 1 is 1.33 bits per heavy atom. The first-order chi connectivity index (χ1) is 9.82. The van der Waals surface area contributed by atoms with Crippen molar-refractivity contribution in [2.45, 2.75) is 39.5 Å². The Bertz CT molecular complexity index is 636. The fraction of sp³-hybridized carbons (Fsp3) is 0.500. The second kappa shape index (κ2) is 6.75. The van der Waals surface area contributed by atoms with Gasteiger partial charge in [0, 0.05) is 12.0 Å². The molecule has 0 unspecified atom stereocenters. The van der Waals surface area contributed by atoms with Crippen molar-refractivity contribution in [3.63, 3.8) is 0 Å². The lowest BCUT2D eigenvalue weighted by atomic mass is 9.92. The molecular weight excluding hydrogens is 419 g/mol. The summed E-state index contributed by atoms with van der Waals surface area (Å²) < 4.78 is 1.72. The molecule has 0 radical (unpaired) electrons. The number of aromatic nitrogens is 3. The normalized spacial score (nSPS) is 11.7. The molecule has 0 amide bonds. The Kier molecular flexibility index (Phi) is 5.43. The Morgan fingerprint density at radius 2 is 2.05 bits per heavy atom. The van der Waals surface area contributed by atoms with Crippen molar-refractivity contribution >= 4 is 51.3 Å². The molecule has 0 fully saturated rings. The van der Waals surface area contributed by atoms with Gasteiger partial charge < -0.3 is 5.32 Å². The SMILES string of the molecule is CCCNc1nc(-c2ncc(Cl)s2)nc(C(C)(C)C)c1I. The predicted octanol–water partition coefficient (Wildman–Crippen LogP) is 4.98. The Labute approximate surface area is 147 Å². The van der Waals surface area contributed by atoms with Crippen molar-refractivity contribution in [2.24, 2.45) is 0 Å². The lowest BCUT2D eigenvalue weighted by Crippen LogP contribution is -2.19. The maximum atomic E-state index is 5.98. The zero-order chi connectivity index (χ0) is 15.6. The second-order valence-corrected chi connectivity index (χ2v) is 8.45. The molecule has 0 aromatic carbocycles. The van der Waals surface area contributed by atoms with E-state index in [-0.39, 0.29) is 5.41 Å². The first-order valence-corrected chi connectivity index (χ1v) is 9.03. The van der Waals surface area contributed by atoms with Crippen LogP contribution in [-0.2, 0) is 5.41 Å². The first-order valence-electron chi connectivity index (χ1n) is 6.76. The molecule has 0 spiro atoms. The molecule has 2 heterocycles. The Balaban J connectivity index is 2.55. The van der Waals surface area contributed by atoms with Crippen molar-refractivity contribution in [1.29, 1.82) is 0 Å². The van der Waals surface area contributed by atoms with Crippen LogP contribution < -0.4 is 5.32 Å². The Morgan fingerprint density at radius 3 is 2.57 bits per heavy atom. The van der Waals surface area contributed by atoms with Crippen molar-refractivity contribution in [3.8, 4) is 10.8 Å². The number of thiazole rings is 1. The van der Waals surface area contributed by atoms with Crippen molar-refractivity contribution in [2.75, 3.05) is 11.9 Å². The Hall–Kier alpha value is -0.470. The zero-order valence-corrected chi connectivity index (χ0v) is 16.2. The van der Waals surface area contributed by atoms with Gasteiger partial charge in [-0.25, -0.2) is 15.0 Å². The van der Waals surface area contributed by atoms with Gasteiger partial charge in [0.25, 0.3) is 0 Å². The third-order valence-electron chi connectivity index (χ3n) is 2.77. The molecule has 4 nitrogen and oxygen atoms in total. The van der Waals surface area contributed by atoms with E-state index in [2.05, 4.69) is 65.6 Å².